The zero-order valence-corrected chi connectivity index (χ0v) is 20.3. The molecule has 34 heavy (non-hydrogen) atoms. The number of benzene rings is 1. The van der Waals surface area contributed by atoms with Gasteiger partial charge >= 0.3 is 17.9 Å². The summed E-state index contributed by atoms with van der Waals surface area (Å²) in [7, 11) is 0. The molecule has 10 heteroatoms. The number of urea groups is 1. The van der Waals surface area contributed by atoms with Crippen LogP contribution in [0.25, 0.3) is 0 Å². The molecule has 10 nitrogen and oxygen atoms in total. The zero-order valence-electron chi connectivity index (χ0n) is 20.3. The van der Waals surface area contributed by atoms with Crippen molar-refractivity contribution in [3.63, 3.8) is 0 Å². The Morgan fingerprint density at radius 2 is 1.91 bits per heavy atom. The highest BCUT2D eigenvalue weighted by molar-refractivity contribution is 6.00. The van der Waals surface area contributed by atoms with Crippen LogP contribution in [-0.2, 0) is 19.1 Å². The molecule has 0 unspecified atom stereocenters. The first kappa shape index (κ1) is 25.6. The van der Waals surface area contributed by atoms with E-state index in [4.69, 9.17) is 15.2 Å². The van der Waals surface area contributed by atoms with Crippen LogP contribution >= 0.6 is 0 Å². The number of ether oxygens (including phenoxy) is 2. The van der Waals surface area contributed by atoms with E-state index < -0.39 is 46.7 Å². The second kappa shape index (κ2) is 10.5. The standard InChI is InChI=1S/C24H34N4O6/c1-5-33-18-13-19(29)34-22(18)27-24(32)28(11-6-7-12-28)23(31)20(14(2)3)26-21(30)16-9-8-10-17(25)15(16)4/h8-10,14,18,20,22H,5-7,11-13,25H2,1-4H3,(H-,26,27,30,32)/p+1/t18-,20-,22+/m0/s1. The van der Waals surface area contributed by atoms with Crippen molar-refractivity contribution in [2.75, 3.05) is 25.4 Å². The average Bonchev–Trinajstić information content (AvgIpc) is 3.41. The van der Waals surface area contributed by atoms with Crippen LogP contribution in [-0.4, -0.2) is 66.4 Å². The molecule has 0 aromatic heterocycles. The summed E-state index contributed by atoms with van der Waals surface area (Å²) in [5.41, 5.74) is 7.43. The van der Waals surface area contributed by atoms with Crippen molar-refractivity contribution < 1.29 is 33.1 Å². The minimum Gasteiger partial charge on any atom is -0.439 e. The number of quaternary nitrogens is 1. The highest BCUT2D eigenvalue weighted by Gasteiger charge is 2.53. The van der Waals surface area contributed by atoms with E-state index in [9.17, 15) is 19.2 Å². The van der Waals surface area contributed by atoms with Gasteiger partial charge in [0.2, 0.25) is 6.23 Å². The lowest BCUT2D eigenvalue weighted by Gasteiger charge is -2.34. The molecule has 4 N–H and O–H groups in total. The minimum absolute atomic E-state index is 0.0387. The smallest absolute Gasteiger partial charge is 0.427 e. The van der Waals surface area contributed by atoms with E-state index in [-0.39, 0.29) is 12.3 Å². The predicted octanol–water partition coefficient (Wildman–Crippen LogP) is 1.86. The van der Waals surface area contributed by atoms with E-state index in [0.717, 1.165) is 0 Å². The summed E-state index contributed by atoms with van der Waals surface area (Å²) in [6.45, 7) is 8.15. The van der Waals surface area contributed by atoms with Crippen LogP contribution in [0, 0.1) is 12.8 Å². The Labute approximate surface area is 199 Å². The fourth-order valence-corrected chi connectivity index (χ4v) is 4.56. The lowest BCUT2D eigenvalue weighted by molar-refractivity contribution is -0.761. The maximum Gasteiger partial charge on any atom is 0.427 e. The molecule has 2 heterocycles. The van der Waals surface area contributed by atoms with Crippen molar-refractivity contribution in [2.24, 2.45) is 5.92 Å². The first-order chi connectivity index (χ1) is 16.1. The van der Waals surface area contributed by atoms with E-state index in [2.05, 4.69) is 10.6 Å². The average molecular weight is 476 g/mol. The molecule has 3 atom stereocenters. The van der Waals surface area contributed by atoms with Crippen LogP contribution in [0.4, 0.5) is 10.5 Å². The first-order valence-electron chi connectivity index (χ1n) is 11.8. The van der Waals surface area contributed by atoms with Crippen molar-refractivity contribution in [2.45, 2.75) is 65.3 Å². The number of hydrogen-bond donors (Lipinski definition) is 3. The highest BCUT2D eigenvalue weighted by Crippen LogP contribution is 2.26. The molecule has 0 bridgehead atoms. The monoisotopic (exact) mass is 475 g/mol. The molecule has 0 aliphatic carbocycles. The summed E-state index contributed by atoms with van der Waals surface area (Å²) in [5, 5.41) is 5.56. The number of nitrogen functional groups attached to an aromatic ring is 1. The fraction of sp³-hybridized carbons (Fsp3) is 0.583. The number of esters is 1. The van der Waals surface area contributed by atoms with Gasteiger partial charge in [0.15, 0.2) is 0 Å². The topological polar surface area (TPSA) is 137 Å². The van der Waals surface area contributed by atoms with Gasteiger partial charge in [-0.3, -0.25) is 14.9 Å². The number of anilines is 1. The largest absolute Gasteiger partial charge is 0.439 e. The molecular weight excluding hydrogens is 440 g/mol. The minimum atomic E-state index is -0.953. The molecule has 186 valence electrons. The van der Waals surface area contributed by atoms with Gasteiger partial charge in [-0.1, -0.05) is 19.9 Å². The Kier molecular flexibility index (Phi) is 7.93. The van der Waals surface area contributed by atoms with Gasteiger partial charge in [0.25, 0.3) is 5.91 Å². The summed E-state index contributed by atoms with van der Waals surface area (Å²) in [5.74, 6) is -1.54. The van der Waals surface area contributed by atoms with Crippen LogP contribution in [0.2, 0.25) is 0 Å². The Morgan fingerprint density at radius 1 is 1.24 bits per heavy atom. The number of nitrogens with one attached hydrogen (secondary N) is 2. The van der Waals surface area contributed by atoms with E-state index in [0.29, 0.717) is 49.4 Å². The molecule has 1 aromatic carbocycles. The number of likely N-dealkylation sites (tertiary alicyclic amines) is 1. The lowest BCUT2D eigenvalue weighted by Crippen LogP contribution is -2.67. The third kappa shape index (κ3) is 5.07. The second-order valence-corrected chi connectivity index (χ2v) is 9.23. The van der Waals surface area contributed by atoms with Crippen molar-refractivity contribution in [3.05, 3.63) is 29.3 Å². The number of nitrogens with two attached hydrogens (primary N) is 1. The van der Waals surface area contributed by atoms with Crippen molar-refractivity contribution in [1.82, 2.24) is 10.6 Å². The zero-order chi connectivity index (χ0) is 25.0. The third-order valence-electron chi connectivity index (χ3n) is 6.59. The molecule has 4 amide bonds. The van der Waals surface area contributed by atoms with Crippen LogP contribution in [0.15, 0.2) is 18.2 Å². The normalized spacial score (nSPS) is 22.3. The van der Waals surface area contributed by atoms with Gasteiger partial charge in [-0.25, -0.2) is 9.59 Å². The molecule has 2 aliphatic rings. The SMILES string of the molecule is CCO[C@H]1CC(=O)O[C@H]1NC(=O)[N+]1(C(=O)[C@@H](NC(=O)c2cccc(N)c2C)C(C)C)CCCC1. The molecular formula is C24H35N4O6+. The number of carbonyl (C=O) groups excluding carboxylic acids is 4. The van der Waals surface area contributed by atoms with E-state index in [1.54, 1.807) is 32.0 Å². The number of carbonyl (C=O) groups is 4. The Balaban J connectivity index is 1.83. The summed E-state index contributed by atoms with van der Waals surface area (Å²) in [6, 6.07) is 3.59. The second-order valence-electron chi connectivity index (χ2n) is 9.23. The summed E-state index contributed by atoms with van der Waals surface area (Å²) in [6.07, 6.45) is -0.148. The Morgan fingerprint density at radius 3 is 2.53 bits per heavy atom. The number of imide groups is 1. The van der Waals surface area contributed by atoms with Crippen molar-refractivity contribution in [1.29, 1.82) is 0 Å². The Hall–Kier alpha value is -2.98. The first-order valence-corrected chi connectivity index (χ1v) is 11.8. The van der Waals surface area contributed by atoms with Crippen LogP contribution in [0.5, 0.6) is 0 Å². The number of amides is 4. The molecule has 2 saturated heterocycles. The van der Waals surface area contributed by atoms with Crippen molar-refractivity contribution in [3.8, 4) is 0 Å². The molecule has 0 saturated carbocycles. The maximum atomic E-state index is 13.8. The quantitative estimate of drug-likeness (QED) is 0.311. The molecule has 0 spiro atoms. The Bertz CT molecular complexity index is 957. The molecule has 2 aliphatic heterocycles. The third-order valence-corrected chi connectivity index (χ3v) is 6.59. The van der Waals surface area contributed by atoms with Gasteiger partial charge in [-0.15, -0.1) is 0 Å². The summed E-state index contributed by atoms with van der Waals surface area (Å²) >= 11 is 0. The van der Waals surface area contributed by atoms with Gasteiger partial charge in [0.05, 0.1) is 19.5 Å². The molecule has 0 radical (unpaired) electrons. The van der Waals surface area contributed by atoms with Gasteiger partial charge in [-0.2, -0.15) is 4.48 Å². The highest BCUT2D eigenvalue weighted by atomic mass is 16.6. The van der Waals surface area contributed by atoms with Gasteiger partial charge < -0.3 is 20.5 Å². The maximum absolute atomic E-state index is 13.8. The predicted molar refractivity (Wildman–Crippen MR) is 124 cm³/mol. The van der Waals surface area contributed by atoms with E-state index >= 15 is 0 Å². The number of rotatable bonds is 7. The van der Waals surface area contributed by atoms with Crippen LogP contribution in [0.1, 0.15) is 56.0 Å². The van der Waals surface area contributed by atoms with E-state index in [1.807, 2.05) is 13.8 Å². The number of cyclic esters (lactones) is 1. The fourth-order valence-electron chi connectivity index (χ4n) is 4.56. The van der Waals surface area contributed by atoms with Crippen LogP contribution < -0.4 is 16.4 Å². The number of nitrogens with zero attached hydrogens (tertiary/aromatic N) is 1. The van der Waals surface area contributed by atoms with Crippen LogP contribution in [0.3, 0.4) is 0 Å². The van der Waals surface area contributed by atoms with E-state index in [1.165, 1.54) is 0 Å². The summed E-state index contributed by atoms with van der Waals surface area (Å²) in [4.78, 5) is 52.1. The molecule has 1 aromatic rings. The summed E-state index contributed by atoms with van der Waals surface area (Å²) < 4.78 is 10.3. The van der Waals surface area contributed by atoms with Gasteiger partial charge in [0, 0.05) is 30.7 Å². The van der Waals surface area contributed by atoms with Gasteiger partial charge in [-0.05, 0) is 37.5 Å². The van der Waals surface area contributed by atoms with Crippen molar-refractivity contribution >= 4 is 29.5 Å². The molecule has 2 fully saturated rings. The lowest BCUT2D eigenvalue weighted by atomic mass is 10.00. The number of hydrogen-bond acceptors (Lipinski definition) is 7. The van der Waals surface area contributed by atoms with Gasteiger partial charge in [0.1, 0.15) is 12.1 Å². The molecule has 3 rings (SSSR count).